The quantitative estimate of drug-likeness (QED) is 0.227. The highest BCUT2D eigenvalue weighted by Crippen LogP contribution is 2.40. The van der Waals surface area contributed by atoms with Crippen LogP contribution in [-0.4, -0.2) is 93.7 Å². The van der Waals surface area contributed by atoms with Gasteiger partial charge in [-0.25, -0.2) is 9.37 Å². The van der Waals surface area contributed by atoms with E-state index >= 15 is 4.39 Å². The molecule has 3 saturated heterocycles. The van der Waals surface area contributed by atoms with E-state index in [1.165, 1.54) is 0 Å². The van der Waals surface area contributed by atoms with E-state index < -0.39 is 5.82 Å². The third kappa shape index (κ3) is 5.77. The monoisotopic (exact) mass is 647 g/mol. The van der Waals surface area contributed by atoms with Crippen molar-refractivity contribution < 1.29 is 19.0 Å². The van der Waals surface area contributed by atoms with E-state index in [4.69, 9.17) is 9.72 Å². The fraction of sp³-hybridized carbons (Fsp3) is 0.351. The summed E-state index contributed by atoms with van der Waals surface area (Å²) in [6.45, 7) is 3.00. The van der Waals surface area contributed by atoms with Gasteiger partial charge in [0.25, 0.3) is 0 Å². The van der Waals surface area contributed by atoms with E-state index in [1.54, 1.807) is 30.5 Å². The number of phenols is 1. The molecule has 3 aromatic carbocycles. The molecule has 48 heavy (non-hydrogen) atoms. The van der Waals surface area contributed by atoms with Gasteiger partial charge in [-0.1, -0.05) is 36.4 Å². The molecule has 2 unspecified atom stereocenters. The number of rotatable bonds is 8. The number of likely N-dealkylation sites (tertiary alicyclic amines) is 1. The topological polar surface area (TPSA) is 107 Å². The Balaban J connectivity index is 1.13. The highest BCUT2D eigenvalue weighted by molar-refractivity contribution is 6.01. The third-order valence-corrected chi connectivity index (χ3v) is 10.2. The van der Waals surface area contributed by atoms with E-state index in [0.29, 0.717) is 47.8 Å². The lowest BCUT2D eigenvalue weighted by Gasteiger charge is -2.41. The van der Waals surface area contributed by atoms with Crippen molar-refractivity contribution in [2.24, 2.45) is 0 Å². The molecule has 0 spiro atoms. The smallest absolute Gasteiger partial charge is 0.319 e. The Morgan fingerprint density at radius 2 is 1.79 bits per heavy atom. The van der Waals surface area contributed by atoms with Crippen molar-refractivity contribution in [1.29, 1.82) is 0 Å². The molecule has 3 atom stereocenters. The minimum absolute atomic E-state index is 0.0679. The molecule has 11 heteroatoms. The number of hydrogen-bond acceptors (Lipinski definition) is 9. The van der Waals surface area contributed by atoms with Crippen LogP contribution >= 0.6 is 0 Å². The predicted octanol–water partition coefficient (Wildman–Crippen LogP) is 5.45. The Hall–Kier alpha value is -4.87. The van der Waals surface area contributed by atoms with Crippen LogP contribution in [0.15, 0.2) is 72.9 Å². The molecule has 3 fully saturated rings. The van der Waals surface area contributed by atoms with Gasteiger partial charge in [-0.05, 0) is 85.9 Å². The summed E-state index contributed by atoms with van der Waals surface area (Å²) in [6.07, 6.45) is 5.71. The molecule has 2 aromatic heterocycles. The maximum Gasteiger partial charge on any atom is 0.319 e. The van der Waals surface area contributed by atoms with E-state index in [2.05, 4.69) is 37.0 Å². The molecule has 0 saturated carbocycles. The van der Waals surface area contributed by atoms with Crippen LogP contribution in [0.3, 0.4) is 0 Å². The third-order valence-electron chi connectivity index (χ3n) is 10.2. The second-order valence-corrected chi connectivity index (χ2v) is 13.2. The molecule has 0 radical (unpaired) electrons. The number of nitrogens with one attached hydrogen (secondary N) is 1. The number of phenolic OH excluding ortho intramolecular Hbond substituents is 1. The lowest BCUT2D eigenvalue weighted by atomic mass is 9.96. The fourth-order valence-electron chi connectivity index (χ4n) is 7.72. The van der Waals surface area contributed by atoms with Crippen molar-refractivity contribution in [3.8, 4) is 22.9 Å². The van der Waals surface area contributed by atoms with Crippen LogP contribution in [0.5, 0.6) is 11.8 Å². The maximum absolute atomic E-state index is 16.8. The summed E-state index contributed by atoms with van der Waals surface area (Å²) in [5.41, 5.74) is 1.13. The minimum atomic E-state index is -0.484. The first-order chi connectivity index (χ1) is 23.4. The van der Waals surface area contributed by atoms with Gasteiger partial charge >= 0.3 is 6.01 Å². The SMILES string of the molecule is CN1CCC[C@H]1COc1nc(N2CC3CCC(C2)N3CC(=O)Nc2ccccn2)c2ccc(-c3cc(O)cc4ccccc34)c(F)c2n1. The summed E-state index contributed by atoms with van der Waals surface area (Å²) in [7, 11) is 2.09. The van der Waals surface area contributed by atoms with Crippen LogP contribution in [0, 0.1) is 5.82 Å². The van der Waals surface area contributed by atoms with Crippen LogP contribution < -0.4 is 15.0 Å². The second-order valence-electron chi connectivity index (χ2n) is 13.2. The number of ether oxygens (including phenoxy) is 1. The molecular formula is C37H38FN7O3. The summed E-state index contributed by atoms with van der Waals surface area (Å²) in [5, 5.41) is 15.7. The molecule has 2 bridgehead atoms. The molecule has 1 amide bonds. The Morgan fingerprint density at radius 1 is 0.979 bits per heavy atom. The molecule has 5 aromatic rings. The van der Waals surface area contributed by atoms with Gasteiger partial charge in [0.15, 0.2) is 5.82 Å². The van der Waals surface area contributed by atoms with Crippen molar-refractivity contribution in [3.63, 3.8) is 0 Å². The number of benzene rings is 3. The van der Waals surface area contributed by atoms with Crippen LogP contribution in [0.1, 0.15) is 25.7 Å². The van der Waals surface area contributed by atoms with E-state index in [1.807, 2.05) is 42.5 Å². The number of hydrogen-bond donors (Lipinski definition) is 2. The molecular weight excluding hydrogens is 609 g/mol. The number of likely N-dealkylation sites (N-methyl/N-ethyl adjacent to an activating group) is 1. The Labute approximate surface area is 278 Å². The number of halogens is 1. The van der Waals surface area contributed by atoms with Gasteiger partial charge in [0.1, 0.15) is 29.5 Å². The average molecular weight is 648 g/mol. The first-order valence-electron chi connectivity index (χ1n) is 16.7. The molecule has 8 rings (SSSR count). The Bertz CT molecular complexity index is 1980. The maximum atomic E-state index is 16.8. The van der Waals surface area contributed by atoms with Crippen LogP contribution in [0.2, 0.25) is 0 Å². The largest absolute Gasteiger partial charge is 0.508 e. The van der Waals surface area contributed by atoms with Gasteiger partial charge < -0.3 is 25.0 Å². The summed E-state index contributed by atoms with van der Waals surface area (Å²) < 4.78 is 23.0. The number of fused-ring (bicyclic) bond motifs is 4. The molecule has 246 valence electrons. The van der Waals surface area contributed by atoms with Crippen molar-refractivity contribution >= 4 is 39.2 Å². The molecule has 3 aliphatic heterocycles. The van der Waals surface area contributed by atoms with Crippen LogP contribution in [0.4, 0.5) is 16.0 Å². The summed E-state index contributed by atoms with van der Waals surface area (Å²) in [6, 6.07) is 20.7. The number of pyridine rings is 1. The van der Waals surface area contributed by atoms with Crippen molar-refractivity contribution in [2.75, 3.05) is 50.1 Å². The van der Waals surface area contributed by atoms with Crippen molar-refractivity contribution in [1.82, 2.24) is 24.8 Å². The van der Waals surface area contributed by atoms with Gasteiger partial charge in [0.2, 0.25) is 5.91 Å². The highest BCUT2D eigenvalue weighted by Gasteiger charge is 2.41. The normalized spacial score (nSPS) is 21.3. The van der Waals surface area contributed by atoms with Gasteiger partial charge in [0.05, 0.1) is 6.54 Å². The first kappa shape index (κ1) is 30.5. The van der Waals surface area contributed by atoms with Gasteiger partial charge in [-0.15, -0.1) is 0 Å². The lowest BCUT2D eigenvalue weighted by molar-refractivity contribution is -0.118. The molecule has 2 N–H and O–H groups in total. The predicted molar refractivity (Wildman–Crippen MR) is 184 cm³/mol. The lowest BCUT2D eigenvalue weighted by Crippen LogP contribution is -2.55. The van der Waals surface area contributed by atoms with Crippen LogP contribution in [-0.2, 0) is 4.79 Å². The fourth-order valence-corrected chi connectivity index (χ4v) is 7.72. The molecule has 10 nitrogen and oxygen atoms in total. The number of carbonyl (C=O) groups excluding carboxylic acids is 1. The summed E-state index contributed by atoms with van der Waals surface area (Å²) in [5.74, 6) is 0.668. The van der Waals surface area contributed by atoms with Gasteiger partial charge in [-0.3, -0.25) is 9.69 Å². The van der Waals surface area contributed by atoms with Crippen LogP contribution in [0.25, 0.3) is 32.8 Å². The number of anilines is 2. The number of amides is 1. The second kappa shape index (κ2) is 12.6. The number of nitrogens with zero attached hydrogens (tertiary/aromatic N) is 6. The molecule has 0 aliphatic carbocycles. The Kier molecular flexibility index (Phi) is 8.01. The van der Waals surface area contributed by atoms with E-state index in [0.717, 1.165) is 43.0 Å². The molecule has 3 aliphatic rings. The van der Waals surface area contributed by atoms with Crippen molar-refractivity contribution in [2.45, 2.75) is 43.8 Å². The van der Waals surface area contributed by atoms with E-state index in [9.17, 15) is 9.90 Å². The zero-order valence-electron chi connectivity index (χ0n) is 26.8. The first-order valence-corrected chi connectivity index (χ1v) is 16.7. The summed E-state index contributed by atoms with van der Waals surface area (Å²) >= 11 is 0. The number of aromatic hydroxyl groups is 1. The number of piperazine rings is 1. The average Bonchev–Trinajstić information content (AvgIpc) is 3.59. The zero-order valence-corrected chi connectivity index (χ0v) is 26.8. The highest BCUT2D eigenvalue weighted by atomic mass is 19.1. The zero-order chi connectivity index (χ0) is 32.8. The molecule has 5 heterocycles. The van der Waals surface area contributed by atoms with Gasteiger partial charge in [-0.2, -0.15) is 9.97 Å². The minimum Gasteiger partial charge on any atom is -0.508 e. The number of aromatic nitrogens is 3. The Morgan fingerprint density at radius 3 is 2.56 bits per heavy atom. The van der Waals surface area contributed by atoms with E-state index in [-0.39, 0.29) is 47.9 Å². The standard InChI is InChI=1S/C37H38FN7O3/c1-43-16-6-8-26(43)22-48-37-41-35-30(14-13-29(34(35)38)31-18-27(46)17-23-7-2-3-9-28(23)31)36(42-37)44-19-24-11-12-25(20-44)45(24)21-33(47)40-32-10-4-5-15-39-32/h2-5,7,9-10,13-15,17-18,24-26,46H,6,8,11-12,16,19-22H2,1H3,(H,39,40,47)/t24?,25?,26-/m0/s1. The number of carbonyl (C=O) groups is 1. The van der Waals surface area contributed by atoms with Crippen molar-refractivity contribution in [3.05, 3.63) is 78.7 Å². The summed E-state index contributed by atoms with van der Waals surface area (Å²) in [4.78, 5) is 33.5. The van der Waals surface area contributed by atoms with Gasteiger partial charge in [0, 0.05) is 48.4 Å².